The van der Waals surface area contributed by atoms with Gasteiger partial charge in [-0.15, -0.1) is 24.2 Å². The highest BCUT2D eigenvalue weighted by atomic mass is 35.5. The van der Waals surface area contributed by atoms with Crippen molar-refractivity contribution in [2.45, 2.75) is 29.5 Å². The number of fused-ring (bicyclic) bond motifs is 1. The average molecular weight is 406 g/mol. The summed E-state index contributed by atoms with van der Waals surface area (Å²) >= 11 is 8.41. The van der Waals surface area contributed by atoms with Crippen molar-refractivity contribution in [2.24, 2.45) is 0 Å². The van der Waals surface area contributed by atoms with E-state index in [4.69, 9.17) is 11.6 Å². The molecule has 0 spiro atoms. The van der Waals surface area contributed by atoms with Crippen LogP contribution in [0.15, 0.2) is 59.9 Å². The first kappa shape index (κ1) is 19.4. The molecule has 1 saturated heterocycles. The minimum atomic E-state index is 0. The topological polar surface area (TPSA) is 29.0 Å². The Balaban J connectivity index is 0.00000196. The van der Waals surface area contributed by atoms with Gasteiger partial charge in [0.2, 0.25) is 0 Å². The quantitative estimate of drug-likeness (QED) is 0.575. The van der Waals surface area contributed by atoms with Gasteiger partial charge in [0.15, 0.2) is 0 Å². The highest BCUT2D eigenvalue weighted by molar-refractivity contribution is 8.00. The summed E-state index contributed by atoms with van der Waals surface area (Å²) in [5, 5.41) is 3.76. The van der Waals surface area contributed by atoms with Crippen LogP contribution in [0, 0.1) is 0 Å². The second kappa shape index (κ2) is 9.05. The maximum Gasteiger partial charge on any atom is 0.0548 e. The molecule has 0 aliphatic carbocycles. The molecule has 1 aliphatic rings. The van der Waals surface area contributed by atoms with Crippen molar-refractivity contribution in [2.75, 3.05) is 13.1 Å². The van der Waals surface area contributed by atoms with Crippen molar-refractivity contribution >= 4 is 46.5 Å². The normalized spacial score (nSPS) is 15.7. The average Bonchev–Trinajstić information content (AvgIpc) is 2.65. The summed E-state index contributed by atoms with van der Waals surface area (Å²) in [6.45, 7) is 3.18. The van der Waals surface area contributed by atoms with Gasteiger partial charge in [-0.25, -0.2) is 0 Å². The summed E-state index contributed by atoms with van der Waals surface area (Å²) in [5.41, 5.74) is 1.15. The van der Waals surface area contributed by atoms with Crippen LogP contribution in [0.5, 0.6) is 0 Å². The van der Waals surface area contributed by atoms with Gasteiger partial charge in [0.05, 0.1) is 10.7 Å². The molecule has 136 valence electrons. The fourth-order valence-corrected chi connectivity index (χ4v) is 4.74. The number of piperidine rings is 1. The van der Waals surface area contributed by atoms with Crippen molar-refractivity contribution in [3.63, 3.8) is 0 Å². The van der Waals surface area contributed by atoms with Gasteiger partial charge in [0.1, 0.15) is 0 Å². The van der Waals surface area contributed by atoms with E-state index in [0.29, 0.717) is 5.25 Å². The van der Waals surface area contributed by atoms with E-state index >= 15 is 0 Å². The fourth-order valence-electron chi connectivity index (χ4n) is 3.26. The highest BCUT2D eigenvalue weighted by Gasteiger charge is 2.21. The highest BCUT2D eigenvalue weighted by Crippen LogP contribution is 2.37. The zero-order valence-electron chi connectivity index (χ0n) is 14.3. The Bertz CT molecular complexity index is 852. The van der Waals surface area contributed by atoms with Crippen molar-refractivity contribution in [3.8, 4) is 0 Å². The van der Waals surface area contributed by atoms with Crippen LogP contribution in [0.25, 0.3) is 10.8 Å². The summed E-state index contributed by atoms with van der Waals surface area (Å²) in [7, 11) is 0. The summed E-state index contributed by atoms with van der Waals surface area (Å²) < 4.78 is 0. The van der Waals surface area contributed by atoms with Gasteiger partial charge >= 0.3 is 0 Å². The van der Waals surface area contributed by atoms with Crippen LogP contribution in [0.1, 0.15) is 18.5 Å². The van der Waals surface area contributed by atoms with Gasteiger partial charge in [-0.1, -0.05) is 17.7 Å². The molecule has 0 amide bonds. The fraction of sp³-hybridized carbons (Fsp3) is 0.300. The first-order chi connectivity index (χ1) is 12.3. The molecule has 3 aromatic rings. The molecule has 6 heteroatoms. The number of hydrogen-bond donors (Lipinski definition) is 0. The molecule has 2 aromatic heterocycles. The number of aromatic nitrogens is 2. The zero-order chi connectivity index (χ0) is 17.1. The molecule has 0 N–H and O–H groups in total. The SMILES string of the molecule is Cl.Clc1cc2cnccc2cc1SC1CCN(Cc2ccccn2)CC1. The molecule has 1 fully saturated rings. The van der Waals surface area contributed by atoms with Crippen LogP contribution in [0.4, 0.5) is 0 Å². The molecule has 0 bridgehead atoms. The molecule has 0 saturated carbocycles. The van der Waals surface area contributed by atoms with Gasteiger partial charge in [-0.2, -0.15) is 0 Å². The molecule has 1 aliphatic heterocycles. The number of halogens is 2. The van der Waals surface area contributed by atoms with Crippen LogP contribution in [0.3, 0.4) is 0 Å². The number of rotatable bonds is 4. The minimum absolute atomic E-state index is 0. The molecule has 1 aromatic carbocycles. The molecule has 3 heterocycles. The van der Waals surface area contributed by atoms with E-state index in [2.05, 4.69) is 33.1 Å². The Morgan fingerprint density at radius 3 is 2.69 bits per heavy atom. The number of hydrogen-bond acceptors (Lipinski definition) is 4. The third kappa shape index (κ3) is 4.68. The Morgan fingerprint density at radius 2 is 1.92 bits per heavy atom. The predicted molar refractivity (Wildman–Crippen MR) is 112 cm³/mol. The largest absolute Gasteiger partial charge is 0.297 e. The van der Waals surface area contributed by atoms with Crippen LogP contribution >= 0.6 is 35.8 Å². The summed E-state index contributed by atoms with van der Waals surface area (Å²) in [6.07, 6.45) is 7.94. The molecule has 4 rings (SSSR count). The van der Waals surface area contributed by atoms with E-state index in [0.717, 1.165) is 35.7 Å². The lowest BCUT2D eigenvalue weighted by Gasteiger charge is -2.31. The van der Waals surface area contributed by atoms with Crippen LogP contribution < -0.4 is 0 Å². The molecule has 0 unspecified atom stereocenters. The van der Waals surface area contributed by atoms with E-state index in [1.54, 1.807) is 0 Å². The zero-order valence-corrected chi connectivity index (χ0v) is 16.7. The Labute approximate surface area is 169 Å². The van der Waals surface area contributed by atoms with E-state index in [9.17, 15) is 0 Å². The number of nitrogens with zero attached hydrogens (tertiary/aromatic N) is 3. The third-order valence-electron chi connectivity index (χ3n) is 4.63. The third-order valence-corrected chi connectivity index (χ3v) is 6.45. The van der Waals surface area contributed by atoms with Crippen LogP contribution in [0.2, 0.25) is 5.02 Å². The standard InChI is InChI=1S/C20H20ClN3S.ClH/c21-19-11-16-13-22-8-4-15(16)12-20(19)25-18-5-9-24(10-6-18)14-17-3-1-2-7-23-17;/h1-4,7-8,11-13,18H,5-6,9-10,14H2;1H. The van der Waals surface area contributed by atoms with Gasteiger partial charge in [0, 0.05) is 40.7 Å². The predicted octanol–water partition coefficient (Wildman–Crippen LogP) is 5.46. The Hall–Kier alpha value is -1.33. The monoisotopic (exact) mass is 405 g/mol. The Morgan fingerprint density at radius 1 is 1.08 bits per heavy atom. The van der Waals surface area contributed by atoms with Crippen molar-refractivity contribution in [1.29, 1.82) is 0 Å². The minimum Gasteiger partial charge on any atom is -0.297 e. The van der Waals surface area contributed by atoms with E-state index < -0.39 is 0 Å². The van der Waals surface area contributed by atoms with Gasteiger partial charge in [0.25, 0.3) is 0 Å². The number of thioether (sulfide) groups is 1. The lowest BCUT2D eigenvalue weighted by Crippen LogP contribution is -2.34. The maximum absolute atomic E-state index is 6.49. The number of pyridine rings is 2. The second-order valence-corrected chi connectivity index (χ2v) is 8.17. The first-order valence-electron chi connectivity index (χ1n) is 8.60. The van der Waals surface area contributed by atoms with Crippen LogP contribution in [-0.4, -0.2) is 33.2 Å². The second-order valence-electron chi connectivity index (χ2n) is 6.42. The van der Waals surface area contributed by atoms with E-state index in [1.165, 1.54) is 23.1 Å². The van der Waals surface area contributed by atoms with E-state index in [1.807, 2.05) is 48.6 Å². The molecular weight excluding hydrogens is 385 g/mol. The maximum atomic E-state index is 6.49. The lowest BCUT2D eigenvalue weighted by atomic mass is 10.1. The summed E-state index contributed by atoms with van der Waals surface area (Å²) in [4.78, 5) is 12.3. The van der Waals surface area contributed by atoms with Gasteiger partial charge < -0.3 is 0 Å². The Kier molecular flexibility index (Phi) is 6.76. The summed E-state index contributed by atoms with van der Waals surface area (Å²) in [5.74, 6) is 0. The summed E-state index contributed by atoms with van der Waals surface area (Å²) in [6, 6.07) is 12.4. The first-order valence-corrected chi connectivity index (χ1v) is 9.86. The smallest absolute Gasteiger partial charge is 0.0548 e. The van der Waals surface area contributed by atoms with Crippen molar-refractivity contribution < 1.29 is 0 Å². The van der Waals surface area contributed by atoms with Crippen molar-refractivity contribution in [3.05, 3.63) is 65.7 Å². The lowest BCUT2D eigenvalue weighted by molar-refractivity contribution is 0.222. The van der Waals surface area contributed by atoms with Crippen LogP contribution in [-0.2, 0) is 6.54 Å². The van der Waals surface area contributed by atoms with E-state index in [-0.39, 0.29) is 12.4 Å². The molecule has 0 radical (unpaired) electrons. The van der Waals surface area contributed by atoms with Gasteiger partial charge in [-0.05, 0) is 61.6 Å². The van der Waals surface area contributed by atoms with Crippen molar-refractivity contribution in [1.82, 2.24) is 14.9 Å². The number of likely N-dealkylation sites (tertiary alicyclic amines) is 1. The number of benzene rings is 1. The molecule has 3 nitrogen and oxygen atoms in total. The van der Waals surface area contributed by atoms with Gasteiger partial charge in [-0.3, -0.25) is 14.9 Å². The molecular formula is C20H21Cl2N3S. The molecule has 26 heavy (non-hydrogen) atoms. The molecule has 0 atom stereocenters.